The summed E-state index contributed by atoms with van der Waals surface area (Å²) in [5.41, 5.74) is 0.822. The van der Waals surface area contributed by atoms with Gasteiger partial charge in [0.1, 0.15) is 17.4 Å². The molecule has 0 fully saturated rings. The molecular formula is C24H31N5O4. The average Bonchev–Trinajstić information content (AvgIpc) is 2.71. The summed E-state index contributed by atoms with van der Waals surface area (Å²) in [6, 6.07) is 6.62. The highest BCUT2D eigenvalue weighted by molar-refractivity contribution is 5.96. The fraction of sp³-hybridized carbons (Fsp3) is 0.458. The van der Waals surface area contributed by atoms with Gasteiger partial charge >= 0.3 is 12.1 Å². The van der Waals surface area contributed by atoms with Gasteiger partial charge in [-0.3, -0.25) is 4.79 Å². The van der Waals surface area contributed by atoms with Crippen molar-refractivity contribution in [3.63, 3.8) is 0 Å². The summed E-state index contributed by atoms with van der Waals surface area (Å²) >= 11 is 0. The molecule has 0 aliphatic rings. The van der Waals surface area contributed by atoms with Crippen LogP contribution in [-0.4, -0.2) is 33.6 Å². The molecule has 0 saturated heterocycles. The topological polar surface area (TPSA) is 126 Å². The Morgan fingerprint density at radius 1 is 1.12 bits per heavy atom. The van der Waals surface area contributed by atoms with Crippen LogP contribution in [0.15, 0.2) is 30.6 Å². The van der Waals surface area contributed by atoms with Crippen LogP contribution < -0.4 is 15.4 Å². The van der Waals surface area contributed by atoms with Crippen LogP contribution in [0, 0.1) is 11.3 Å². The standard InChI is InChI=1S/C24H31N5O4/c1-8-18(29-22(31)33-24(5,6)7)20(30)28-16-13-26-21(27-14-16)32-19-10-9-15(12-25)11-17(19)23(2,3)4/h9-11,13-14,18H,8H2,1-7H3,(H,28,30)(H,29,31)/t18-/m1/s1. The van der Waals surface area contributed by atoms with Crippen molar-refractivity contribution in [2.75, 3.05) is 5.32 Å². The van der Waals surface area contributed by atoms with E-state index in [2.05, 4.69) is 26.7 Å². The van der Waals surface area contributed by atoms with E-state index in [-0.39, 0.29) is 11.4 Å². The zero-order chi connectivity index (χ0) is 24.8. The summed E-state index contributed by atoms with van der Waals surface area (Å²) in [7, 11) is 0. The highest BCUT2D eigenvalue weighted by Gasteiger charge is 2.24. The van der Waals surface area contributed by atoms with Crippen molar-refractivity contribution in [1.29, 1.82) is 5.26 Å². The van der Waals surface area contributed by atoms with Crippen molar-refractivity contribution in [2.45, 2.75) is 71.9 Å². The maximum absolute atomic E-state index is 12.5. The van der Waals surface area contributed by atoms with Gasteiger partial charge < -0.3 is 20.1 Å². The second-order valence-electron chi connectivity index (χ2n) is 9.53. The molecule has 0 bridgehead atoms. The van der Waals surface area contributed by atoms with Gasteiger partial charge in [0.25, 0.3) is 0 Å². The highest BCUT2D eigenvalue weighted by Crippen LogP contribution is 2.34. The largest absolute Gasteiger partial charge is 0.444 e. The van der Waals surface area contributed by atoms with Gasteiger partial charge in [-0.25, -0.2) is 14.8 Å². The molecule has 0 aliphatic heterocycles. The summed E-state index contributed by atoms with van der Waals surface area (Å²) in [6.45, 7) is 13.1. The van der Waals surface area contributed by atoms with Crippen LogP contribution in [0.2, 0.25) is 0 Å². The summed E-state index contributed by atoms with van der Waals surface area (Å²) in [6.07, 6.45) is 2.55. The van der Waals surface area contributed by atoms with E-state index >= 15 is 0 Å². The van der Waals surface area contributed by atoms with Gasteiger partial charge in [-0.2, -0.15) is 5.26 Å². The van der Waals surface area contributed by atoms with Gasteiger partial charge in [0.15, 0.2) is 0 Å². The second-order valence-corrected chi connectivity index (χ2v) is 9.53. The Kier molecular flexibility index (Phi) is 7.99. The van der Waals surface area contributed by atoms with Crippen molar-refractivity contribution in [1.82, 2.24) is 15.3 Å². The van der Waals surface area contributed by atoms with Crippen molar-refractivity contribution >= 4 is 17.7 Å². The van der Waals surface area contributed by atoms with E-state index in [0.29, 0.717) is 23.4 Å². The maximum atomic E-state index is 12.5. The monoisotopic (exact) mass is 453 g/mol. The van der Waals surface area contributed by atoms with Gasteiger partial charge in [0.05, 0.1) is 29.7 Å². The number of alkyl carbamates (subject to hydrolysis) is 1. The fourth-order valence-corrected chi connectivity index (χ4v) is 2.84. The van der Waals surface area contributed by atoms with Gasteiger partial charge in [-0.05, 0) is 50.8 Å². The summed E-state index contributed by atoms with van der Waals surface area (Å²) in [5.74, 6) is 0.133. The van der Waals surface area contributed by atoms with E-state index in [9.17, 15) is 14.9 Å². The average molecular weight is 454 g/mol. The van der Waals surface area contributed by atoms with Gasteiger partial charge in [0, 0.05) is 5.56 Å². The van der Waals surface area contributed by atoms with Crippen LogP contribution in [0.5, 0.6) is 11.8 Å². The predicted molar refractivity (Wildman–Crippen MR) is 124 cm³/mol. The van der Waals surface area contributed by atoms with Crippen LogP contribution in [0.25, 0.3) is 0 Å². The first-order chi connectivity index (χ1) is 15.3. The Balaban J connectivity index is 2.08. The molecule has 2 rings (SSSR count). The molecular weight excluding hydrogens is 422 g/mol. The van der Waals surface area contributed by atoms with E-state index in [1.165, 1.54) is 12.4 Å². The van der Waals surface area contributed by atoms with Crippen LogP contribution >= 0.6 is 0 Å². The molecule has 0 saturated carbocycles. The number of nitrogens with one attached hydrogen (secondary N) is 2. The first kappa shape index (κ1) is 25.6. The number of rotatable bonds is 6. The molecule has 0 radical (unpaired) electrons. The Morgan fingerprint density at radius 3 is 2.27 bits per heavy atom. The molecule has 1 atom stereocenters. The van der Waals surface area contributed by atoms with Crippen LogP contribution in [0.1, 0.15) is 66.0 Å². The molecule has 0 aliphatic carbocycles. The number of nitriles is 1. The summed E-state index contributed by atoms with van der Waals surface area (Å²) in [5, 5.41) is 14.4. The molecule has 2 amide bonds. The lowest BCUT2D eigenvalue weighted by Crippen LogP contribution is -2.45. The van der Waals surface area contributed by atoms with E-state index in [0.717, 1.165) is 5.56 Å². The SMILES string of the molecule is CC[C@@H](NC(=O)OC(C)(C)C)C(=O)Nc1cnc(Oc2ccc(C#N)cc2C(C)(C)C)nc1. The minimum absolute atomic E-state index is 0.0992. The molecule has 2 N–H and O–H groups in total. The van der Waals surface area contributed by atoms with Gasteiger partial charge in [-0.15, -0.1) is 0 Å². The lowest BCUT2D eigenvalue weighted by molar-refractivity contribution is -0.118. The molecule has 9 nitrogen and oxygen atoms in total. The molecule has 1 aromatic carbocycles. The van der Waals surface area contributed by atoms with E-state index in [1.807, 2.05) is 20.8 Å². The Bertz CT molecular complexity index is 1030. The smallest absolute Gasteiger partial charge is 0.408 e. The Hall–Kier alpha value is -3.67. The third-order valence-corrected chi connectivity index (χ3v) is 4.43. The minimum Gasteiger partial charge on any atom is -0.444 e. The highest BCUT2D eigenvalue weighted by atomic mass is 16.6. The number of aromatic nitrogens is 2. The number of carbonyl (C=O) groups is 2. The minimum atomic E-state index is -0.774. The van der Waals surface area contributed by atoms with E-state index in [4.69, 9.17) is 9.47 Å². The van der Waals surface area contributed by atoms with Crippen molar-refractivity contribution in [3.8, 4) is 17.8 Å². The van der Waals surface area contributed by atoms with Gasteiger partial charge in [-0.1, -0.05) is 27.7 Å². The number of benzene rings is 1. The van der Waals surface area contributed by atoms with Crippen LogP contribution in [0.4, 0.5) is 10.5 Å². The zero-order valence-electron chi connectivity index (χ0n) is 20.1. The first-order valence-corrected chi connectivity index (χ1v) is 10.7. The van der Waals surface area contributed by atoms with Crippen LogP contribution in [-0.2, 0) is 14.9 Å². The van der Waals surface area contributed by atoms with E-state index in [1.54, 1.807) is 45.9 Å². The molecule has 0 unspecified atom stereocenters. The molecule has 2 aromatic rings. The number of hydrogen-bond acceptors (Lipinski definition) is 7. The molecule has 0 spiro atoms. The molecule has 33 heavy (non-hydrogen) atoms. The third-order valence-electron chi connectivity index (χ3n) is 4.43. The normalized spacial score (nSPS) is 12.3. The number of carbonyl (C=O) groups excluding carboxylic acids is 2. The number of nitrogens with zero attached hydrogens (tertiary/aromatic N) is 3. The molecule has 1 aromatic heterocycles. The van der Waals surface area contributed by atoms with Gasteiger partial charge in [0.2, 0.25) is 5.91 Å². The van der Waals surface area contributed by atoms with Crippen molar-refractivity contribution < 1.29 is 19.1 Å². The predicted octanol–water partition coefficient (Wildman–Crippen LogP) is 4.68. The van der Waals surface area contributed by atoms with Crippen molar-refractivity contribution in [3.05, 3.63) is 41.7 Å². The lowest BCUT2D eigenvalue weighted by Gasteiger charge is -2.23. The maximum Gasteiger partial charge on any atom is 0.408 e. The number of amides is 2. The molecule has 9 heteroatoms. The second kappa shape index (κ2) is 10.3. The number of hydrogen-bond donors (Lipinski definition) is 2. The quantitative estimate of drug-likeness (QED) is 0.650. The number of anilines is 1. The first-order valence-electron chi connectivity index (χ1n) is 10.7. The zero-order valence-corrected chi connectivity index (χ0v) is 20.1. The fourth-order valence-electron chi connectivity index (χ4n) is 2.84. The Morgan fingerprint density at radius 2 is 1.76 bits per heavy atom. The van der Waals surface area contributed by atoms with E-state index < -0.39 is 23.6 Å². The third kappa shape index (κ3) is 7.75. The molecule has 1 heterocycles. The lowest BCUT2D eigenvalue weighted by atomic mass is 9.85. The number of ether oxygens (including phenoxy) is 2. The summed E-state index contributed by atoms with van der Waals surface area (Å²) in [4.78, 5) is 32.8. The van der Waals surface area contributed by atoms with Crippen molar-refractivity contribution in [2.24, 2.45) is 0 Å². The Labute approximate surface area is 194 Å². The summed E-state index contributed by atoms with van der Waals surface area (Å²) < 4.78 is 11.0. The molecule has 176 valence electrons. The van der Waals surface area contributed by atoms with Crippen LogP contribution in [0.3, 0.4) is 0 Å².